The van der Waals surface area contributed by atoms with Crippen LogP contribution in [0.1, 0.15) is 11.1 Å². The number of nitrogens with one attached hydrogen (secondary N) is 1. The molecule has 0 spiro atoms. The lowest BCUT2D eigenvalue weighted by Gasteiger charge is -2.01. The van der Waals surface area contributed by atoms with Gasteiger partial charge in [-0.3, -0.25) is 0 Å². The van der Waals surface area contributed by atoms with Gasteiger partial charge in [-0.05, 0) is 48.2 Å². The van der Waals surface area contributed by atoms with Crippen LogP contribution >= 0.6 is 0 Å². The first-order chi connectivity index (χ1) is 8.83. The van der Waals surface area contributed by atoms with E-state index in [1.54, 1.807) is 12.3 Å². The summed E-state index contributed by atoms with van der Waals surface area (Å²) < 4.78 is 0. The van der Waals surface area contributed by atoms with Gasteiger partial charge in [0.1, 0.15) is 11.4 Å². The molecule has 0 saturated carbocycles. The molecule has 3 aromatic rings. The Morgan fingerprint density at radius 3 is 2.94 bits per heavy atom. The monoisotopic (exact) mass is 238 g/mol. The molecule has 0 saturated heterocycles. The smallest absolute Gasteiger partial charge is 0.137 e. The van der Waals surface area contributed by atoms with Crippen molar-refractivity contribution in [2.24, 2.45) is 0 Å². The molecular formula is C15H14N2O. The molecule has 0 atom stereocenters. The Kier molecular flexibility index (Phi) is 2.73. The quantitative estimate of drug-likeness (QED) is 0.736. The fourth-order valence-corrected chi connectivity index (χ4v) is 2.21. The zero-order chi connectivity index (χ0) is 12.4. The molecule has 2 N–H and O–H groups in total. The van der Waals surface area contributed by atoms with Crippen molar-refractivity contribution in [2.45, 2.75) is 12.8 Å². The molecule has 0 unspecified atom stereocenters. The Labute approximate surface area is 105 Å². The van der Waals surface area contributed by atoms with Crippen molar-refractivity contribution in [3.63, 3.8) is 0 Å². The summed E-state index contributed by atoms with van der Waals surface area (Å²) in [7, 11) is 0. The molecule has 2 heterocycles. The molecular weight excluding hydrogens is 224 g/mol. The summed E-state index contributed by atoms with van der Waals surface area (Å²) >= 11 is 0. The minimum absolute atomic E-state index is 0.327. The van der Waals surface area contributed by atoms with Crippen molar-refractivity contribution in [1.29, 1.82) is 0 Å². The van der Waals surface area contributed by atoms with Crippen LogP contribution in [-0.2, 0) is 12.8 Å². The van der Waals surface area contributed by atoms with E-state index < -0.39 is 0 Å². The number of rotatable bonds is 3. The highest BCUT2D eigenvalue weighted by Gasteiger charge is 2.04. The van der Waals surface area contributed by atoms with Gasteiger partial charge in [-0.2, -0.15) is 0 Å². The van der Waals surface area contributed by atoms with Crippen LogP contribution in [0, 0.1) is 0 Å². The summed E-state index contributed by atoms with van der Waals surface area (Å²) in [5, 5.41) is 10.6. The van der Waals surface area contributed by atoms with Gasteiger partial charge >= 0.3 is 0 Å². The third kappa shape index (κ3) is 2.07. The van der Waals surface area contributed by atoms with E-state index in [4.69, 9.17) is 0 Å². The number of aryl methyl sites for hydroxylation is 2. The first kappa shape index (κ1) is 10.8. The molecule has 0 bridgehead atoms. The number of aromatic hydroxyl groups is 1. The Bertz CT molecular complexity index is 673. The molecule has 0 amide bonds. The third-order valence-electron chi connectivity index (χ3n) is 3.13. The summed E-state index contributed by atoms with van der Waals surface area (Å²) in [6, 6.07) is 11.4. The zero-order valence-electron chi connectivity index (χ0n) is 9.93. The molecule has 3 nitrogen and oxygen atoms in total. The van der Waals surface area contributed by atoms with Crippen LogP contribution < -0.4 is 0 Å². The largest absolute Gasteiger partial charge is 0.508 e. The first-order valence-electron chi connectivity index (χ1n) is 6.02. The number of hydrogen-bond acceptors (Lipinski definition) is 2. The molecule has 0 aliphatic rings. The Hall–Kier alpha value is -2.29. The standard InChI is InChI=1S/C15H14N2O/c18-13-4-1-3-11(9-13)6-7-12-10-17-15-14(12)5-2-8-16-15/h1-5,8-10,18H,6-7H2,(H,16,17). The average Bonchev–Trinajstić information content (AvgIpc) is 2.80. The second-order valence-corrected chi connectivity index (χ2v) is 4.38. The number of fused-ring (bicyclic) bond motifs is 1. The minimum Gasteiger partial charge on any atom is -0.508 e. The SMILES string of the molecule is Oc1cccc(CCc2c[nH]c3ncccc23)c1. The average molecular weight is 238 g/mol. The van der Waals surface area contributed by atoms with E-state index in [9.17, 15) is 5.11 Å². The molecule has 0 fully saturated rings. The van der Waals surface area contributed by atoms with Crippen molar-refractivity contribution < 1.29 is 5.11 Å². The second-order valence-electron chi connectivity index (χ2n) is 4.38. The van der Waals surface area contributed by atoms with Crippen molar-refractivity contribution in [3.05, 3.63) is 59.9 Å². The van der Waals surface area contributed by atoms with Crippen molar-refractivity contribution in [1.82, 2.24) is 9.97 Å². The van der Waals surface area contributed by atoms with Gasteiger partial charge in [0.2, 0.25) is 0 Å². The topological polar surface area (TPSA) is 48.9 Å². The van der Waals surface area contributed by atoms with Crippen LogP contribution in [0.25, 0.3) is 11.0 Å². The Balaban J connectivity index is 1.81. The van der Waals surface area contributed by atoms with Crippen LogP contribution in [0.5, 0.6) is 5.75 Å². The highest BCUT2D eigenvalue weighted by atomic mass is 16.3. The van der Waals surface area contributed by atoms with Crippen LogP contribution in [0.4, 0.5) is 0 Å². The number of phenolic OH excluding ortho intramolecular Hbond substituents is 1. The number of benzene rings is 1. The van der Waals surface area contributed by atoms with E-state index in [1.807, 2.05) is 30.5 Å². The minimum atomic E-state index is 0.327. The second kappa shape index (κ2) is 4.53. The van der Waals surface area contributed by atoms with E-state index in [2.05, 4.69) is 16.0 Å². The maximum Gasteiger partial charge on any atom is 0.137 e. The number of aromatic nitrogens is 2. The molecule has 1 aromatic carbocycles. The van der Waals surface area contributed by atoms with Gasteiger partial charge in [-0.15, -0.1) is 0 Å². The lowest BCUT2D eigenvalue weighted by atomic mass is 10.0. The number of phenols is 1. The maximum absolute atomic E-state index is 9.43. The van der Waals surface area contributed by atoms with Crippen LogP contribution in [0.15, 0.2) is 48.8 Å². The summed E-state index contributed by atoms with van der Waals surface area (Å²) in [6.45, 7) is 0. The Morgan fingerprint density at radius 1 is 1.11 bits per heavy atom. The number of aromatic amines is 1. The van der Waals surface area contributed by atoms with E-state index in [-0.39, 0.29) is 0 Å². The molecule has 0 radical (unpaired) electrons. The highest BCUT2D eigenvalue weighted by molar-refractivity contribution is 5.79. The highest BCUT2D eigenvalue weighted by Crippen LogP contribution is 2.19. The summed E-state index contributed by atoms with van der Waals surface area (Å²) in [6.07, 6.45) is 5.66. The van der Waals surface area contributed by atoms with Gasteiger partial charge in [-0.1, -0.05) is 12.1 Å². The van der Waals surface area contributed by atoms with Gasteiger partial charge in [0.15, 0.2) is 0 Å². The normalized spacial score (nSPS) is 10.9. The van der Waals surface area contributed by atoms with E-state index >= 15 is 0 Å². The predicted molar refractivity (Wildman–Crippen MR) is 71.6 cm³/mol. The van der Waals surface area contributed by atoms with Gasteiger partial charge in [0, 0.05) is 17.8 Å². The lowest BCUT2D eigenvalue weighted by Crippen LogP contribution is -1.90. The molecule has 0 aliphatic carbocycles. The fraction of sp³-hybridized carbons (Fsp3) is 0.133. The van der Waals surface area contributed by atoms with Crippen molar-refractivity contribution in [3.8, 4) is 5.75 Å². The van der Waals surface area contributed by atoms with E-state index in [0.29, 0.717) is 5.75 Å². The third-order valence-corrected chi connectivity index (χ3v) is 3.13. The lowest BCUT2D eigenvalue weighted by molar-refractivity contribution is 0.474. The van der Waals surface area contributed by atoms with Gasteiger partial charge in [-0.25, -0.2) is 4.98 Å². The molecule has 3 heteroatoms. The van der Waals surface area contributed by atoms with Crippen molar-refractivity contribution >= 4 is 11.0 Å². The number of nitrogens with zero attached hydrogens (tertiary/aromatic N) is 1. The molecule has 90 valence electrons. The summed E-state index contributed by atoms with van der Waals surface area (Å²) in [5.74, 6) is 0.327. The van der Waals surface area contributed by atoms with E-state index in [1.165, 1.54) is 10.9 Å². The fourth-order valence-electron chi connectivity index (χ4n) is 2.21. The number of pyridine rings is 1. The number of hydrogen-bond donors (Lipinski definition) is 2. The molecule has 18 heavy (non-hydrogen) atoms. The first-order valence-corrected chi connectivity index (χ1v) is 6.02. The molecule has 3 rings (SSSR count). The van der Waals surface area contributed by atoms with Crippen LogP contribution in [0.3, 0.4) is 0 Å². The van der Waals surface area contributed by atoms with E-state index in [0.717, 1.165) is 24.1 Å². The van der Waals surface area contributed by atoms with Crippen LogP contribution in [-0.4, -0.2) is 15.1 Å². The Morgan fingerprint density at radius 2 is 2.06 bits per heavy atom. The maximum atomic E-state index is 9.43. The van der Waals surface area contributed by atoms with Crippen LogP contribution in [0.2, 0.25) is 0 Å². The zero-order valence-corrected chi connectivity index (χ0v) is 9.93. The molecule has 0 aliphatic heterocycles. The van der Waals surface area contributed by atoms with Crippen molar-refractivity contribution in [2.75, 3.05) is 0 Å². The van der Waals surface area contributed by atoms with Gasteiger partial charge in [0.25, 0.3) is 0 Å². The summed E-state index contributed by atoms with van der Waals surface area (Å²) in [4.78, 5) is 7.45. The number of H-pyrrole nitrogens is 1. The van der Waals surface area contributed by atoms with Gasteiger partial charge < -0.3 is 10.1 Å². The van der Waals surface area contributed by atoms with Gasteiger partial charge in [0.05, 0.1) is 0 Å². The predicted octanol–water partition coefficient (Wildman–Crippen LogP) is 3.05. The summed E-state index contributed by atoms with van der Waals surface area (Å²) in [5.41, 5.74) is 3.35. The molecule has 2 aromatic heterocycles.